The number of carboxylic acids is 1. The predicted molar refractivity (Wildman–Crippen MR) is 47.7 cm³/mol. The summed E-state index contributed by atoms with van der Waals surface area (Å²) in [6.07, 6.45) is 1.60. The van der Waals surface area contributed by atoms with Crippen LogP contribution in [-0.2, 0) is 19.2 Å². The maximum atomic E-state index is 11.2. The number of aliphatic carboxylic acids is 1. The van der Waals surface area contributed by atoms with E-state index in [1.165, 1.54) is 6.92 Å². The van der Waals surface area contributed by atoms with Gasteiger partial charge in [-0.15, -0.1) is 0 Å². The van der Waals surface area contributed by atoms with Gasteiger partial charge in [-0.1, -0.05) is 0 Å². The number of carboxylic acid groups (broad SMARTS) is 1. The molecule has 1 unspecified atom stereocenters. The van der Waals surface area contributed by atoms with E-state index in [1.54, 1.807) is 0 Å². The van der Waals surface area contributed by atoms with Crippen molar-refractivity contribution in [1.82, 2.24) is 4.90 Å². The van der Waals surface area contributed by atoms with Crippen molar-refractivity contribution in [2.45, 2.75) is 19.4 Å². The number of hydrogen-bond acceptors (Lipinski definition) is 4. The van der Waals surface area contributed by atoms with E-state index in [1.807, 2.05) is 0 Å². The van der Waals surface area contributed by atoms with Crippen molar-refractivity contribution in [3.05, 3.63) is 12.2 Å². The van der Waals surface area contributed by atoms with E-state index < -0.39 is 29.6 Å². The maximum Gasteiger partial charge on any atom is 0.327 e. The van der Waals surface area contributed by atoms with Crippen molar-refractivity contribution in [2.24, 2.45) is 0 Å². The number of carbonyl (C=O) groups excluding carboxylic acids is 3. The Hall–Kier alpha value is -1.98. The van der Waals surface area contributed by atoms with Crippen molar-refractivity contribution in [2.75, 3.05) is 0 Å². The fourth-order valence-electron chi connectivity index (χ4n) is 1.28. The molecule has 0 aliphatic carbocycles. The molecule has 0 radical (unpaired) electrons. The highest BCUT2D eigenvalue weighted by Crippen LogP contribution is 2.12. The summed E-state index contributed by atoms with van der Waals surface area (Å²) in [6, 6.07) is -1.41. The van der Waals surface area contributed by atoms with E-state index in [2.05, 4.69) is 0 Å². The summed E-state index contributed by atoms with van der Waals surface area (Å²) in [6.45, 7) is 1.20. The van der Waals surface area contributed by atoms with Gasteiger partial charge in [0.15, 0.2) is 0 Å². The van der Waals surface area contributed by atoms with Crippen molar-refractivity contribution in [3.8, 4) is 0 Å². The van der Waals surface area contributed by atoms with Crippen LogP contribution in [0.1, 0.15) is 13.3 Å². The highest BCUT2D eigenvalue weighted by Gasteiger charge is 2.36. The first-order chi connectivity index (χ1) is 6.93. The van der Waals surface area contributed by atoms with Gasteiger partial charge in [-0.25, -0.2) is 4.79 Å². The SMILES string of the molecule is CC(=O)CC(C(=O)O)N1C(=O)C=CC1=O. The first-order valence-corrected chi connectivity index (χ1v) is 4.21. The summed E-state index contributed by atoms with van der Waals surface area (Å²) >= 11 is 0. The molecule has 15 heavy (non-hydrogen) atoms. The lowest BCUT2D eigenvalue weighted by Crippen LogP contribution is -2.45. The zero-order valence-corrected chi connectivity index (χ0v) is 7.97. The number of carbonyl (C=O) groups is 4. The zero-order chi connectivity index (χ0) is 11.6. The smallest absolute Gasteiger partial charge is 0.327 e. The molecule has 1 atom stereocenters. The van der Waals surface area contributed by atoms with Gasteiger partial charge in [0, 0.05) is 18.6 Å². The second-order valence-electron chi connectivity index (χ2n) is 3.14. The van der Waals surface area contributed by atoms with Gasteiger partial charge in [-0.05, 0) is 6.92 Å². The van der Waals surface area contributed by atoms with Gasteiger partial charge in [-0.3, -0.25) is 19.3 Å². The molecule has 0 spiro atoms. The second-order valence-corrected chi connectivity index (χ2v) is 3.14. The Morgan fingerprint density at radius 1 is 1.33 bits per heavy atom. The van der Waals surface area contributed by atoms with Crippen LogP contribution in [0.15, 0.2) is 12.2 Å². The molecule has 6 heteroatoms. The predicted octanol–water partition coefficient (Wildman–Crippen LogP) is -0.656. The van der Waals surface area contributed by atoms with Crippen LogP contribution in [-0.4, -0.2) is 39.6 Å². The Labute approximate surface area is 85.2 Å². The van der Waals surface area contributed by atoms with Gasteiger partial charge in [0.2, 0.25) is 0 Å². The van der Waals surface area contributed by atoms with Crippen LogP contribution in [0.5, 0.6) is 0 Å². The maximum absolute atomic E-state index is 11.2. The van der Waals surface area contributed by atoms with Gasteiger partial charge >= 0.3 is 5.97 Å². The molecule has 0 aromatic rings. The summed E-state index contributed by atoms with van der Waals surface area (Å²) in [5.41, 5.74) is 0. The number of Topliss-reactive ketones (excluding diaryl/α,β-unsaturated/α-hetero) is 1. The molecule has 0 fully saturated rings. The fourth-order valence-corrected chi connectivity index (χ4v) is 1.28. The molecule has 0 bridgehead atoms. The van der Waals surface area contributed by atoms with E-state index in [4.69, 9.17) is 5.11 Å². The van der Waals surface area contributed by atoms with E-state index in [0.717, 1.165) is 12.2 Å². The monoisotopic (exact) mass is 211 g/mol. The van der Waals surface area contributed by atoms with E-state index >= 15 is 0 Å². The number of nitrogens with zero attached hydrogens (tertiary/aromatic N) is 1. The van der Waals surface area contributed by atoms with Crippen LogP contribution < -0.4 is 0 Å². The summed E-state index contributed by atoms with van der Waals surface area (Å²) in [7, 11) is 0. The quantitative estimate of drug-likeness (QED) is 0.623. The normalized spacial score (nSPS) is 17.0. The Kier molecular flexibility index (Phi) is 2.99. The van der Waals surface area contributed by atoms with Crippen LogP contribution in [0, 0.1) is 0 Å². The molecule has 1 rings (SSSR count). The number of imide groups is 1. The van der Waals surface area contributed by atoms with Crippen LogP contribution >= 0.6 is 0 Å². The van der Waals surface area contributed by atoms with Crippen molar-refractivity contribution < 1.29 is 24.3 Å². The third kappa shape index (κ3) is 2.28. The molecule has 1 aliphatic heterocycles. The molecule has 80 valence electrons. The summed E-state index contributed by atoms with van der Waals surface area (Å²) in [5.74, 6) is -3.16. The first kappa shape index (κ1) is 11.1. The Balaban J connectivity index is 2.90. The standard InChI is InChI=1S/C9H9NO5/c1-5(11)4-6(9(14)15)10-7(12)2-3-8(10)13/h2-3,6H,4H2,1H3,(H,14,15). The fraction of sp³-hybridized carbons (Fsp3) is 0.333. The summed E-state index contributed by atoms with van der Waals surface area (Å²) < 4.78 is 0. The van der Waals surface area contributed by atoms with E-state index in [0.29, 0.717) is 4.90 Å². The van der Waals surface area contributed by atoms with Crippen molar-refractivity contribution in [1.29, 1.82) is 0 Å². The third-order valence-corrected chi connectivity index (χ3v) is 1.92. The van der Waals surface area contributed by atoms with Gasteiger partial charge in [0.1, 0.15) is 11.8 Å². The zero-order valence-electron chi connectivity index (χ0n) is 7.97. The number of amides is 2. The molecule has 0 aromatic carbocycles. The lowest BCUT2D eigenvalue weighted by Gasteiger charge is -2.21. The number of hydrogen-bond donors (Lipinski definition) is 1. The lowest BCUT2D eigenvalue weighted by molar-refractivity contribution is -0.154. The van der Waals surface area contributed by atoms with E-state index in [-0.39, 0.29) is 6.42 Å². The molecule has 6 nitrogen and oxygen atoms in total. The molecule has 1 N–H and O–H groups in total. The highest BCUT2D eigenvalue weighted by atomic mass is 16.4. The Morgan fingerprint density at radius 2 is 1.80 bits per heavy atom. The number of ketones is 1. The average molecular weight is 211 g/mol. The molecule has 0 aromatic heterocycles. The largest absolute Gasteiger partial charge is 0.480 e. The van der Waals surface area contributed by atoms with E-state index in [9.17, 15) is 19.2 Å². The summed E-state index contributed by atoms with van der Waals surface area (Å²) in [5, 5.41) is 8.79. The average Bonchev–Trinajstić information content (AvgIpc) is 2.42. The molecular formula is C9H9NO5. The molecule has 0 saturated heterocycles. The molecule has 1 heterocycles. The minimum atomic E-state index is -1.41. The van der Waals surface area contributed by atoms with Gasteiger partial charge in [0.05, 0.1) is 0 Å². The third-order valence-electron chi connectivity index (χ3n) is 1.92. The van der Waals surface area contributed by atoms with Crippen LogP contribution in [0.3, 0.4) is 0 Å². The minimum Gasteiger partial charge on any atom is -0.480 e. The second kappa shape index (κ2) is 4.04. The van der Waals surface area contributed by atoms with Gasteiger partial charge in [0.25, 0.3) is 11.8 Å². The number of rotatable bonds is 4. The van der Waals surface area contributed by atoms with Crippen molar-refractivity contribution in [3.63, 3.8) is 0 Å². The summed E-state index contributed by atoms with van der Waals surface area (Å²) in [4.78, 5) is 44.5. The van der Waals surface area contributed by atoms with Crippen LogP contribution in [0.25, 0.3) is 0 Å². The molecule has 2 amide bonds. The first-order valence-electron chi connectivity index (χ1n) is 4.21. The topological polar surface area (TPSA) is 91.8 Å². The van der Waals surface area contributed by atoms with Gasteiger partial charge in [-0.2, -0.15) is 0 Å². The molecule has 0 saturated carbocycles. The lowest BCUT2D eigenvalue weighted by atomic mass is 10.1. The molecular weight excluding hydrogens is 202 g/mol. The highest BCUT2D eigenvalue weighted by molar-refractivity contribution is 6.15. The Bertz CT molecular complexity index is 353. The van der Waals surface area contributed by atoms with Gasteiger partial charge < -0.3 is 5.11 Å². The van der Waals surface area contributed by atoms with Crippen LogP contribution in [0.4, 0.5) is 0 Å². The Morgan fingerprint density at radius 3 is 2.13 bits per heavy atom. The minimum absolute atomic E-state index is 0.367. The molecule has 1 aliphatic rings. The van der Waals surface area contributed by atoms with Crippen LogP contribution in [0.2, 0.25) is 0 Å². The van der Waals surface area contributed by atoms with Crippen molar-refractivity contribution >= 4 is 23.6 Å².